The molecule has 1 saturated carbocycles. The lowest BCUT2D eigenvalue weighted by molar-refractivity contribution is 0.214. The summed E-state index contributed by atoms with van der Waals surface area (Å²) in [5, 5.41) is 8.91. The molecule has 0 amide bonds. The Morgan fingerprint density at radius 3 is 2.83 bits per heavy atom. The first kappa shape index (κ1) is 24.4. The summed E-state index contributed by atoms with van der Waals surface area (Å²) in [6.07, 6.45) is 5.44. The topological polar surface area (TPSA) is 94.3 Å². The molecule has 0 spiro atoms. The molecule has 1 aliphatic heterocycles. The number of aryl methyl sites for hydroxylation is 1. The first-order valence-corrected chi connectivity index (χ1v) is 12.7. The van der Waals surface area contributed by atoms with Crippen molar-refractivity contribution < 1.29 is 9.26 Å². The monoisotopic (exact) mass is 509 g/mol. The molecule has 9 nitrogen and oxygen atoms in total. The number of anilines is 1. The Bertz CT molecular complexity index is 1280. The van der Waals surface area contributed by atoms with Crippen molar-refractivity contribution in [2.45, 2.75) is 32.1 Å². The Balaban J connectivity index is 1.33. The number of hydrogen-bond acceptors (Lipinski definition) is 7. The van der Waals surface area contributed by atoms with Gasteiger partial charge in [-0.25, -0.2) is 9.98 Å². The van der Waals surface area contributed by atoms with Crippen molar-refractivity contribution in [2.75, 3.05) is 45.3 Å². The van der Waals surface area contributed by atoms with E-state index in [1.54, 1.807) is 0 Å². The van der Waals surface area contributed by atoms with Gasteiger partial charge in [-0.3, -0.25) is 0 Å². The van der Waals surface area contributed by atoms with E-state index in [0.717, 1.165) is 67.1 Å². The Morgan fingerprint density at radius 1 is 1.31 bits per heavy atom. The summed E-state index contributed by atoms with van der Waals surface area (Å²) in [5.41, 5.74) is 3.02. The van der Waals surface area contributed by atoms with E-state index in [2.05, 4.69) is 44.0 Å². The number of aromatic nitrogens is 2. The van der Waals surface area contributed by atoms with E-state index in [1.807, 2.05) is 37.3 Å². The summed E-state index contributed by atoms with van der Waals surface area (Å²) in [7, 11) is 2.12. The van der Waals surface area contributed by atoms with Gasteiger partial charge in [0.2, 0.25) is 5.88 Å². The quantitative estimate of drug-likeness (QED) is 0.327. The highest BCUT2D eigenvalue weighted by atomic mass is 35.5. The number of fused-ring (bicyclic) bond motifs is 1. The van der Waals surface area contributed by atoms with E-state index in [4.69, 9.17) is 25.9 Å². The van der Waals surface area contributed by atoms with Crippen LogP contribution in [0.2, 0.25) is 5.02 Å². The van der Waals surface area contributed by atoms with Gasteiger partial charge in [0.05, 0.1) is 10.7 Å². The van der Waals surface area contributed by atoms with Crippen molar-refractivity contribution in [1.82, 2.24) is 19.9 Å². The summed E-state index contributed by atoms with van der Waals surface area (Å²) in [5.74, 6) is 2.93. The minimum Gasteiger partial charge on any atom is -0.470 e. The first-order valence-electron chi connectivity index (χ1n) is 12.3. The van der Waals surface area contributed by atoms with E-state index >= 15 is 0 Å². The van der Waals surface area contributed by atoms with Crippen LogP contribution in [0.3, 0.4) is 0 Å². The number of benzene rings is 1. The summed E-state index contributed by atoms with van der Waals surface area (Å²) < 4.78 is 11.5. The Hall–Kier alpha value is -3.30. The molecule has 0 bridgehead atoms. The molecule has 0 unspecified atom stereocenters. The normalized spacial score (nSPS) is 17.9. The fourth-order valence-electron chi connectivity index (χ4n) is 4.45. The number of nitrogens with one attached hydrogen (secondary N) is 2. The number of rotatable bonds is 8. The standard InChI is InChI=1S/C26H32ClN7O2/c1-17-13-19-20(30-17)7-8-22(26(19)27)35-16-29-24(34-11-9-33(3)10-12-34)15-23(28-2)31-25-14-21(32-36-25)18-5-4-6-18/h7-8,13-15,18,30-31H,2,4-6,9-12,16H2,1,3H3/b23-15+,29-24+. The molecule has 36 heavy (non-hydrogen) atoms. The van der Waals surface area contributed by atoms with Gasteiger partial charge in [0.1, 0.15) is 17.4 Å². The summed E-state index contributed by atoms with van der Waals surface area (Å²) in [6.45, 7) is 9.43. The maximum absolute atomic E-state index is 6.60. The Kier molecular flexibility index (Phi) is 7.29. The highest BCUT2D eigenvalue weighted by Crippen LogP contribution is 2.36. The molecular weight excluding hydrogens is 478 g/mol. The van der Waals surface area contributed by atoms with Gasteiger partial charge < -0.3 is 29.4 Å². The molecule has 0 atom stereocenters. The number of ether oxygens (including phenoxy) is 1. The van der Waals surface area contributed by atoms with Gasteiger partial charge in [-0.1, -0.05) is 23.2 Å². The molecule has 0 radical (unpaired) electrons. The smallest absolute Gasteiger partial charge is 0.230 e. The second-order valence-corrected chi connectivity index (χ2v) is 9.81. The number of aliphatic imine (C=N–C) groups is 2. The number of likely N-dealkylation sites (N-methyl/N-ethyl adjacent to an activating group) is 1. The van der Waals surface area contributed by atoms with E-state index < -0.39 is 0 Å². The molecule has 3 heterocycles. The van der Waals surface area contributed by atoms with Gasteiger partial charge in [-0.05, 0) is 51.7 Å². The maximum Gasteiger partial charge on any atom is 0.230 e. The maximum atomic E-state index is 6.60. The molecule has 1 aliphatic carbocycles. The SMILES string of the molecule is C=N/C(=C\C(=N/COc1ccc2[nH]c(C)cc2c1Cl)N1CCN(C)CC1)Nc1cc(C2CCC2)no1. The van der Waals surface area contributed by atoms with Crippen molar-refractivity contribution in [2.24, 2.45) is 9.98 Å². The summed E-state index contributed by atoms with van der Waals surface area (Å²) in [4.78, 5) is 16.7. The van der Waals surface area contributed by atoms with Crippen LogP contribution in [0.25, 0.3) is 10.9 Å². The van der Waals surface area contributed by atoms with Gasteiger partial charge in [-0.15, -0.1) is 0 Å². The highest BCUT2D eigenvalue weighted by molar-refractivity contribution is 6.37. The highest BCUT2D eigenvalue weighted by Gasteiger charge is 2.23. The van der Waals surface area contributed by atoms with Crippen LogP contribution in [0.5, 0.6) is 5.75 Å². The van der Waals surface area contributed by atoms with Gasteiger partial charge in [-0.2, -0.15) is 0 Å². The summed E-state index contributed by atoms with van der Waals surface area (Å²) >= 11 is 6.60. The second-order valence-electron chi connectivity index (χ2n) is 9.43. The number of halogens is 1. The number of H-pyrrole nitrogens is 1. The van der Waals surface area contributed by atoms with Crippen LogP contribution in [0.15, 0.2) is 50.7 Å². The molecule has 2 aromatic heterocycles. The third kappa shape index (κ3) is 5.42. The average molecular weight is 510 g/mol. The van der Waals surface area contributed by atoms with Crippen LogP contribution >= 0.6 is 11.6 Å². The molecule has 2 fully saturated rings. The second kappa shape index (κ2) is 10.8. The fraction of sp³-hybridized carbons (Fsp3) is 0.423. The lowest BCUT2D eigenvalue weighted by atomic mass is 9.83. The van der Waals surface area contributed by atoms with E-state index in [9.17, 15) is 0 Å². The zero-order valence-corrected chi connectivity index (χ0v) is 21.5. The number of nitrogens with zero attached hydrogens (tertiary/aromatic N) is 5. The zero-order valence-electron chi connectivity index (χ0n) is 20.8. The van der Waals surface area contributed by atoms with Crippen LogP contribution in [0.1, 0.15) is 36.6 Å². The van der Waals surface area contributed by atoms with Crippen LogP contribution < -0.4 is 10.1 Å². The molecule has 190 valence electrons. The van der Waals surface area contributed by atoms with Crippen molar-refractivity contribution in [1.29, 1.82) is 0 Å². The molecule has 2 aliphatic rings. The molecule has 2 N–H and O–H groups in total. The molecule has 3 aromatic rings. The number of piperazine rings is 1. The molecule has 5 rings (SSSR count). The predicted molar refractivity (Wildman–Crippen MR) is 144 cm³/mol. The van der Waals surface area contributed by atoms with Crippen molar-refractivity contribution >= 4 is 40.9 Å². The van der Waals surface area contributed by atoms with Gasteiger partial charge >= 0.3 is 0 Å². The van der Waals surface area contributed by atoms with Crippen molar-refractivity contribution in [3.63, 3.8) is 0 Å². The number of amidine groups is 1. The number of hydrogen-bond donors (Lipinski definition) is 2. The van der Waals surface area contributed by atoms with Crippen LogP contribution in [0, 0.1) is 6.92 Å². The molecule has 10 heteroatoms. The van der Waals surface area contributed by atoms with Gasteiger partial charge in [0, 0.05) is 60.8 Å². The van der Waals surface area contributed by atoms with E-state index in [-0.39, 0.29) is 6.73 Å². The molecule has 1 saturated heterocycles. The van der Waals surface area contributed by atoms with Crippen LogP contribution in [-0.2, 0) is 0 Å². The van der Waals surface area contributed by atoms with Crippen molar-refractivity contribution in [3.05, 3.63) is 52.6 Å². The lowest BCUT2D eigenvalue weighted by Crippen LogP contribution is -2.47. The summed E-state index contributed by atoms with van der Waals surface area (Å²) in [6, 6.07) is 7.79. The van der Waals surface area contributed by atoms with Gasteiger partial charge in [0.15, 0.2) is 6.73 Å². The Morgan fingerprint density at radius 2 is 2.11 bits per heavy atom. The minimum atomic E-state index is 0.116. The molecule has 1 aromatic carbocycles. The van der Waals surface area contributed by atoms with Crippen LogP contribution in [0.4, 0.5) is 5.88 Å². The first-order chi connectivity index (χ1) is 17.5. The Labute approximate surface area is 215 Å². The zero-order chi connectivity index (χ0) is 25.1. The minimum absolute atomic E-state index is 0.116. The predicted octanol–water partition coefficient (Wildman–Crippen LogP) is 5.02. The molecular formula is C26H32ClN7O2. The van der Waals surface area contributed by atoms with Crippen molar-refractivity contribution in [3.8, 4) is 5.75 Å². The average Bonchev–Trinajstić information content (AvgIpc) is 3.45. The third-order valence-electron chi connectivity index (χ3n) is 6.85. The van der Waals surface area contributed by atoms with E-state index in [0.29, 0.717) is 28.4 Å². The van der Waals surface area contributed by atoms with E-state index in [1.165, 1.54) is 6.42 Å². The lowest BCUT2D eigenvalue weighted by Gasteiger charge is -2.33. The third-order valence-corrected chi connectivity index (χ3v) is 7.24. The fourth-order valence-corrected chi connectivity index (χ4v) is 4.73. The largest absolute Gasteiger partial charge is 0.470 e. The van der Waals surface area contributed by atoms with Crippen LogP contribution in [-0.4, -0.2) is 72.5 Å². The van der Waals surface area contributed by atoms with Gasteiger partial charge in [0.25, 0.3) is 0 Å². The number of aromatic amines is 1.